The molecular weight excluding hydrogens is 355 g/mol. The fourth-order valence-electron chi connectivity index (χ4n) is 3.63. The first kappa shape index (κ1) is 18.2. The van der Waals surface area contributed by atoms with Crippen LogP contribution in [0.15, 0.2) is 67.0 Å². The second-order valence-corrected chi connectivity index (χ2v) is 7.15. The molecule has 0 spiro atoms. The molecule has 1 amide bonds. The van der Waals surface area contributed by atoms with Crippen molar-refractivity contribution in [1.82, 2.24) is 14.7 Å². The van der Waals surface area contributed by atoms with Gasteiger partial charge >= 0.3 is 0 Å². The van der Waals surface area contributed by atoms with Crippen molar-refractivity contribution in [2.45, 2.75) is 25.4 Å². The summed E-state index contributed by atoms with van der Waals surface area (Å²) in [7, 11) is 0. The smallest absolute Gasteiger partial charge is 0.253 e. The van der Waals surface area contributed by atoms with Crippen LogP contribution in [0.2, 0.25) is 0 Å². The summed E-state index contributed by atoms with van der Waals surface area (Å²) in [6, 6.07) is 16.1. The predicted octanol–water partition coefficient (Wildman–Crippen LogP) is 3.79. The molecule has 1 N–H and O–H groups in total. The molecular formula is C22H23FN4O. The molecule has 2 heterocycles. The van der Waals surface area contributed by atoms with E-state index in [1.807, 2.05) is 46.1 Å². The highest BCUT2D eigenvalue weighted by molar-refractivity contribution is 5.94. The Morgan fingerprint density at radius 1 is 1.18 bits per heavy atom. The van der Waals surface area contributed by atoms with E-state index >= 15 is 0 Å². The monoisotopic (exact) mass is 378 g/mol. The number of halogens is 1. The Bertz CT molecular complexity index is 924. The molecule has 0 saturated carbocycles. The lowest BCUT2D eigenvalue weighted by molar-refractivity contribution is 0.0714. The van der Waals surface area contributed by atoms with Crippen molar-refractivity contribution < 1.29 is 9.18 Å². The molecule has 144 valence electrons. The van der Waals surface area contributed by atoms with E-state index in [1.54, 1.807) is 18.3 Å². The summed E-state index contributed by atoms with van der Waals surface area (Å²) in [5.41, 5.74) is 2.63. The molecule has 0 radical (unpaired) electrons. The van der Waals surface area contributed by atoms with Gasteiger partial charge in [0.25, 0.3) is 5.91 Å². The number of likely N-dealkylation sites (tertiary alicyclic amines) is 1. The lowest BCUT2D eigenvalue weighted by atomic mass is 10.0. The third kappa shape index (κ3) is 4.39. The van der Waals surface area contributed by atoms with Gasteiger partial charge in [-0.25, -0.2) is 4.39 Å². The number of carbonyl (C=O) groups is 1. The predicted molar refractivity (Wildman–Crippen MR) is 107 cm³/mol. The third-order valence-corrected chi connectivity index (χ3v) is 5.00. The number of rotatable bonds is 5. The molecule has 1 atom stereocenters. The van der Waals surface area contributed by atoms with Crippen LogP contribution in [0.1, 0.15) is 28.8 Å². The highest BCUT2D eigenvalue weighted by atomic mass is 19.1. The molecule has 0 unspecified atom stereocenters. The van der Waals surface area contributed by atoms with Crippen molar-refractivity contribution in [2.24, 2.45) is 0 Å². The summed E-state index contributed by atoms with van der Waals surface area (Å²) in [5.74, 6) is -0.200. The molecule has 28 heavy (non-hydrogen) atoms. The first-order chi connectivity index (χ1) is 13.7. The van der Waals surface area contributed by atoms with Gasteiger partial charge in [-0.05, 0) is 60.9 Å². The zero-order valence-electron chi connectivity index (χ0n) is 15.6. The molecule has 2 aromatic carbocycles. The third-order valence-electron chi connectivity index (χ3n) is 5.00. The van der Waals surface area contributed by atoms with Gasteiger partial charge in [-0.3, -0.25) is 9.48 Å². The Kier molecular flexibility index (Phi) is 5.37. The van der Waals surface area contributed by atoms with Gasteiger partial charge < -0.3 is 10.2 Å². The van der Waals surface area contributed by atoms with Crippen LogP contribution in [0.5, 0.6) is 0 Å². The summed E-state index contributed by atoms with van der Waals surface area (Å²) in [4.78, 5) is 14.9. The molecule has 1 aromatic heterocycles. The second-order valence-electron chi connectivity index (χ2n) is 7.15. The number of hydrogen-bond donors (Lipinski definition) is 1. The fraction of sp³-hybridized carbons (Fsp3) is 0.273. The van der Waals surface area contributed by atoms with Crippen LogP contribution in [-0.4, -0.2) is 39.7 Å². The molecule has 6 heteroatoms. The topological polar surface area (TPSA) is 50.2 Å². The SMILES string of the molecule is O=C(c1cccc(Cn2cccn2)c1)N1CCC[C@H](Nc2ccc(F)cc2)C1. The summed E-state index contributed by atoms with van der Waals surface area (Å²) in [6.45, 7) is 2.03. The van der Waals surface area contributed by atoms with Crippen LogP contribution in [-0.2, 0) is 6.54 Å². The highest BCUT2D eigenvalue weighted by Crippen LogP contribution is 2.19. The summed E-state index contributed by atoms with van der Waals surface area (Å²) in [6.07, 6.45) is 5.58. The molecule has 3 aromatic rings. The molecule has 1 fully saturated rings. The zero-order chi connectivity index (χ0) is 19.3. The number of amides is 1. The number of benzene rings is 2. The highest BCUT2D eigenvalue weighted by Gasteiger charge is 2.24. The van der Waals surface area contributed by atoms with E-state index in [2.05, 4.69) is 10.4 Å². The molecule has 0 bridgehead atoms. The molecule has 4 rings (SSSR count). The van der Waals surface area contributed by atoms with Crippen molar-refractivity contribution in [1.29, 1.82) is 0 Å². The largest absolute Gasteiger partial charge is 0.381 e. The van der Waals surface area contributed by atoms with Crippen molar-refractivity contribution in [2.75, 3.05) is 18.4 Å². The Hall–Kier alpha value is -3.15. The van der Waals surface area contributed by atoms with E-state index in [9.17, 15) is 9.18 Å². The van der Waals surface area contributed by atoms with Crippen molar-refractivity contribution in [3.8, 4) is 0 Å². The van der Waals surface area contributed by atoms with E-state index in [-0.39, 0.29) is 17.8 Å². The van der Waals surface area contributed by atoms with Crippen LogP contribution >= 0.6 is 0 Å². The number of nitrogens with zero attached hydrogens (tertiary/aromatic N) is 3. The molecule has 1 aliphatic rings. The van der Waals surface area contributed by atoms with E-state index in [4.69, 9.17) is 0 Å². The molecule has 0 aliphatic carbocycles. The average molecular weight is 378 g/mol. The molecule has 5 nitrogen and oxygen atoms in total. The van der Waals surface area contributed by atoms with Gasteiger partial charge in [0.2, 0.25) is 0 Å². The van der Waals surface area contributed by atoms with Crippen LogP contribution in [0.4, 0.5) is 10.1 Å². The Morgan fingerprint density at radius 3 is 2.82 bits per heavy atom. The minimum absolute atomic E-state index is 0.0490. The maximum Gasteiger partial charge on any atom is 0.253 e. The Morgan fingerprint density at radius 2 is 2.04 bits per heavy atom. The van der Waals surface area contributed by atoms with Crippen LogP contribution in [0.25, 0.3) is 0 Å². The molecule has 1 saturated heterocycles. The standard InChI is InChI=1S/C22H23FN4O/c23-19-7-9-20(10-8-19)25-21-6-2-12-26(16-21)22(28)18-5-1-4-17(14-18)15-27-13-3-11-24-27/h1,3-5,7-11,13-14,21,25H,2,6,12,15-16H2/t21-/m0/s1. The van der Waals surface area contributed by atoms with Crippen LogP contribution < -0.4 is 5.32 Å². The lowest BCUT2D eigenvalue weighted by Crippen LogP contribution is -2.45. The van der Waals surface area contributed by atoms with E-state index in [0.717, 1.165) is 30.6 Å². The Balaban J connectivity index is 1.41. The summed E-state index contributed by atoms with van der Waals surface area (Å²) >= 11 is 0. The van der Waals surface area contributed by atoms with Gasteiger partial charge in [-0.1, -0.05) is 12.1 Å². The number of piperidine rings is 1. The van der Waals surface area contributed by atoms with Crippen LogP contribution in [0, 0.1) is 5.82 Å². The number of carbonyl (C=O) groups excluding carboxylic acids is 1. The zero-order valence-corrected chi connectivity index (χ0v) is 15.6. The lowest BCUT2D eigenvalue weighted by Gasteiger charge is -2.34. The fourth-order valence-corrected chi connectivity index (χ4v) is 3.63. The van der Waals surface area contributed by atoms with Crippen LogP contribution in [0.3, 0.4) is 0 Å². The van der Waals surface area contributed by atoms with E-state index < -0.39 is 0 Å². The average Bonchev–Trinajstić information content (AvgIpc) is 3.23. The quantitative estimate of drug-likeness (QED) is 0.735. The second kappa shape index (κ2) is 8.25. The van der Waals surface area contributed by atoms with Gasteiger partial charge in [0.1, 0.15) is 5.82 Å². The van der Waals surface area contributed by atoms with Gasteiger partial charge in [0, 0.05) is 42.8 Å². The minimum Gasteiger partial charge on any atom is -0.381 e. The van der Waals surface area contributed by atoms with E-state index in [0.29, 0.717) is 18.7 Å². The van der Waals surface area contributed by atoms with Gasteiger partial charge in [0.15, 0.2) is 0 Å². The summed E-state index contributed by atoms with van der Waals surface area (Å²) < 4.78 is 14.9. The van der Waals surface area contributed by atoms with Gasteiger partial charge in [-0.15, -0.1) is 0 Å². The number of hydrogen-bond acceptors (Lipinski definition) is 3. The number of nitrogens with one attached hydrogen (secondary N) is 1. The maximum atomic E-state index is 13.1. The number of anilines is 1. The Labute approximate surface area is 163 Å². The molecule has 1 aliphatic heterocycles. The normalized spacial score (nSPS) is 16.8. The summed E-state index contributed by atoms with van der Waals surface area (Å²) in [5, 5.41) is 7.63. The first-order valence-electron chi connectivity index (χ1n) is 9.55. The van der Waals surface area contributed by atoms with Crippen molar-refractivity contribution >= 4 is 11.6 Å². The van der Waals surface area contributed by atoms with Crippen molar-refractivity contribution in [3.05, 3.63) is 83.9 Å². The van der Waals surface area contributed by atoms with E-state index in [1.165, 1.54) is 12.1 Å². The number of aromatic nitrogens is 2. The first-order valence-corrected chi connectivity index (χ1v) is 9.55. The minimum atomic E-state index is -0.249. The maximum absolute atomic E-state index is 13.1. The van der Waals surface area contributed by atoms with Crippen molar-refractivity contribution in [3.63, 3.8) is 0 Å². The van der Waals surface area contributed by atoms with Gasteiger partial charge in [-0.2, -0.15) is 5.10 Å². The van der Waals surface area contributed by atoms with Gasteiger partial charge in [0.05, 0.1) is 6.54 Å².